The summed E-state index contributed by atoms with van der Waals surface area (Å²) in [6, 6.07) is 5.49. The summed E-state index contributed by atoms with van der Waals surface area (Å²) < 4.78 is 0. The molecule has 27 heteroatoms. The highest BCUT2D eigenvalue weighted by Gasteiger charge is 2.34. The molecule has 0 radical (unpaired) electrons. The number of aromatic nitrogens is 1. The second-order valence-corrected chi connectivity index (χ2v) is 19.5. The molecule has 0 aliphatic rings. The van der Waals surface area contributed by atoms with Gasteiger partial charge in [0.15, 0.2) is 11.9 Å². The number of aliphatic hydroxyl groups is 1. The van der Waals surface area contributed by atoms with Crippen LogP contribution in [-0.2, 0) is 56.0 Å². The summed E-state index contributed by atoms with van der Waals surface area (Å²) in [5.41, 5.74) is 29.6. The van der Waals surface area contributed by atoms with E-state index in [4.69, 9.17) is 28.7 Å². The predicted molar refractivity (Wildman–Crippen MR) is 291 cm³/mol. The summed E-state index contributed by atoms with van der Waals surface area (Å²) >= 11 is 0. The first kappa shape index (κ1) is 64.0. The van der Waals surface area contributed by atoms with Crippen LogP contribution in [0.25, 0.3) is 10.9 Å². The minimum atomic E-state index is -1.36. The quantitative estimate of drug-likeness (QED) is 0.0161. The second kappa shape index (κ2) is 32.3. The molecule has 0 bridgehead atoms. The van der Waals surface area contributed by atoms with Crippen molar-refractivity contribution in [3.05, 3.63) is 71.9 Å². The lowest BCUT2D eigenvalue weighted by Crippen LogP contribution is -2.60. The Bertz CT molecular complexity index is 2570. The topological polar surface area (TPSA) is 461 Å². The molecule has 0 saturated heterocycles. The van der Waals surface area contributed by atoms with Crippen molar-refractivity contribution in [1.29, 1.82) is 0 Å². The van der Waals surface area contributed by atoms with Gasteiger partial charge in [-0.3, -0.25) is 48.3 Å². The third kappa shape index (κ3) is 22.1. The highest BCUT2D eigenvalue weighted by molar-refractivity contribution is 5.98. The van der Waals surface area contributed by atoms with Crippen molar-refractivity contribution < 1.29 is 53.4 Å². The number of aliphatic carboxylic acids is 1. The lowest BCUT2D eigenvalue weighted by atomic mass is 10.00. The van der Waals surface area contributed by atoms with Crippen LogP contribution in [-0.4, -0.2) is 155 Å². The average molecular weight is 1090 g/mol. The smallest absolute Gasteiger partial charge is 0.326 e. The molecule has 0 spiro atoms. The van der Waals surface area contributed by atoms with Crippen molar-refractivity contribution >= 4 is 76.0 Å². The second-order valence-electron chi connectivity index (χ2n) is 19.5. The Labute approximate surface area is 452 Å². The third-order valence-electron chi connectivity index (χ3n) is 12.1. The Morgan fingerprint density at radius 1 is 0.590 bits per heavy atom. The summed E-state index contributed by atoms with van der Waals surface area (Å²) in [6.45, 7) is 6.93. The first-order valence-corrected chi connectivity index (χ1v) is 25.6. The molecule has 428 valence electrons. The highest BCUT2D eigenvalue weighted by Crippen LogP contribution is 2.20. The number of nitrogens with zero attached hydrogens (tertiary/aromatic N) is 2. The van der Waals surface area contributed by atoms with Crippen LogP contribution in [0.4, 0.5) is 0 Å². The van der Waals surface area contributed by atoms with Gasteiger partial charge in [0.25, 0.3) is 0 Å². The predicted octanol–water partition coefficient (Wildman–Crippen LogP) is -3.30. The van der Waals surface area contributed by atoms with Gasteiger partial charge in [0.05, 0.1) is 13.2 Å². The maximum absolute atomic E-state index is 14.3. The fourth-order valence-corrected chi connectivity index (χ4v) is 7.92. The number of guanidine groups is 2. The number of para-hydroxylation sites is 1. The maximum atomic E-state index is 14.3. The van der Waals surface area contributed by atoms with Gasteiger partial charge in [0.1, 0.15) is 48.3 Å². The molecule has 8 atom stereocenters. The van der Waals surface area contributed by atoms with Gasteiger partial charge in [-0.15, -0.1) is 0 Å². The van der Waals surface area contributed by atoms with Gasteiger partial charge in [-0.1, -0.05) is 76.2 Å². The first-order valence-electron chi connectivity index (χ1n) is 25.6. The number of nitrogens with one attached hydrogen (secondary N) is 9. The molecule has 78 heavy (non-hydrogen) atoms. The number of carbonyl (C=O) groups is 9. The van der Waals surface area contributed by atoms with E-state index in [2.05, 4.69) is 57.5 Å². The van der Waals surface area contributed by atoms with Crippen LogP contribution in [0.2, 0.25) is 0 Å². The average Bonchev–Trinajstić information content (AvgIpc) is 3.83. The number of aliphatic hydroxyl groups excluding tert-OH is 1. The van der Waals surface area contributed by atoms with E-state index in [1.807, 2.05) is 18.2 Å². The van der Waals surface area contributed by atoms with Crippen LogP contribution in [0.1, 0.15) is 77.8 Å². The molecule has 1 heterocycles. The molecular formula is C51H78N16O11. The van der Waals surface area contributed by atoms with Crippen molar-refractivity contribution in [3.8, 4) is 0 Å². The van der Waals surface area contributed by atoms with Crippen molar-refractivity contribution in [2.45, 2.75) is 128 Å². The van der Waals surface area contributed by atoms with Gasteiger partial charge < -0.3 is 86.4 Å². The van der Waals surface area contributed by atoms with Crippen LogP contribution in [0, 0.1) is 11.8 Å². The van der Waals surface area contributed by atoms with Crippen LogP contribution in [0.5, 0.6) is 0 Å². The Hall–Kier alpha value is -8.33. The monoisotopic (exact) mass is 1090 g/mol. The summed E-state index contributed by atoms with van der Waals surface area (Å²) in [4.78, 5) is 133. The number of rotatable bonds is 33. The molecule has 0 aliphatic heterocycles. The van der Waals surface area contributed by atoms with E-state index in [-0.39, 0.29) is 75.9 Å². The Morgan fingerprint density at radius 3 is 1.68 bits per heavy atom. The van der Waals surface area contributed by atoms with Gasteiger partial charge in [-0.2, -0.15) is 0 Å². The minimum Gasteiger partial charge on any atom is -0.480 e. The summed E-state index contributed by atoms with van der Waals surface area (Å²) in [5, 5.41) is 40.6. The number of hydrogen-bond acceptors (Lipinski definition) is 13. The molecule has 0 unspecified atom stereocenters. The standard InChI is InChI=1S/C51H78N16O11/c1-27(2)21-39(49(77)78)66-47(75)38(23-31-24-59-34-16-10-9-15-32(31)34)64-45(73)36(18-12-20-58-51(55)56)62-40(69)25-60-44(72)35(17-11-19-57-50(53)54)63-46(74)37(22-30-13-7-6-8-14-30)65-48(76)41(28(3)4)67-42(70)29(5)61-43(71)33(52)26-68/h6-10,13-16,24,27-29,33,35-39,41,59,68H,11-12,17-23,25-26,52H2,1-5H3,(H,60,72)(H,61,71)(H,62,69)(H,63,74)(H,64,73)(H,65,76)(H,66,75)(H,67,70)(H,77,78)(H4,53,54,57)(H4,55,56,58)/t29-,33-,35-,36-,37-,38-,39-,41-/m0/s1. The number of aromatic amines is 1. The Morgan fingerprint density at radius 2 is 1.12 bits per heavy atom. The molecule has 3 rings (SSSR count). The zero-order valence-electron chi connectivity index (χ0n) is 44.7. The zero-order valence-corrected chi connectivity index (χ0v) is 44.7. The zero-order chi connectivity index (χ0) is 58.1. The lowest BCUT2D eigenvalue weighted by Gasteiger charge is -2.28. The number of aliphatic imine (C=N–C) groups is 2. The van der Waals surface area contributed by atoms with Gasteiger partial charge >= 0.3 is 5.97 Å². The Balaban J connectivity index is 1.88. The maximum Gasteiger partial charge on any atom is 0.326 e. The summed E-state index contributed by atoms with van der Waals surface area (Å²) in [7, 11) is 0. The van der Waals surface area contributed by atoms with Gasteiger partial charge in [-0.05, 0) is 68.1 Å². The SMILES string of the molecule is CC(C)C[C@H](NC(=O)[C@H](Cc1c[nH]c2ccccc12)NC(=O)[C@H](CCCN=C(N)N)NC(=O)CNC(=O)[C@H](CCCN=C(N)N)NC(=O)[C@H](Cc1ccccc1)NC(=O)[C@@H](NC(=O)[C@H](C)NC(=O)[C@@H](N)CO)C(C)C)C(=O)O. The molecular weight excluding hydrogens is 1010 g/mol. The van der Waals surface area contributed by atoms with Gasteiger partial charge in [0, 0.05) is 43.0 Å². The van der Waals surface area contributed by atoms with Crippen molar-refractivity contribution in [2.24, 2.45) is 50.5 Å². The van der Waals surface area contributed by atoms with E-state index in [1.54, 1.807) is 70.3 Å². The number of fused-ring (bicyclic) bond motifs is 1. The van der Waals surface area contributed by atoms with E-state index in [0.717, 1.165) is 10.9 Å². The van der Waals surface area contributed by atoms with Crippen molar-refractivity contribution in [3.63, 3.8) is 0 Å². The van der Waals surface area contributed by atoms with Crippen LogP contribution in [0.3, 0.4) is 0 Å². The first-order chi connectivity index (χ1) is 36.9. The minimum absolute atomic E-state index is 0.0396. The largest absolute Gasteiger partial charge is 0.480 e. The van der Waals surface area contributed by atoms with E-state index < -0.39 is 121 Å². The van der Waals surface area contributed by atoms with Crippen molar-refractivity contribution in [2.75, 3.05) is 26.2 Å². The molecule has 0 aliphatic carbocycles. The number of H-pyrrole nitrogens is 1. The third-order valence-corrected chi connectivity index (χ3v) is 12.1. The normalized spacial score (nSPS) is 14.2. The number of amides is 8. The summed E-state index contributed by atoms with van der Waals surface area (Å²) in [6.07, 6.45) is 1.77. The molecule has 8 amide bonds. The molecule has 21 N–H and O–H groups in total. The Kier molecular flexibility index (Phi) is 26.5. The highest BCUT2D eigenvalue weighted by atomic mass is 16.4. The van der Waals surface area contributed by atoms with E-state index in [9.17, 15) is 53.4 Å². The molecule has 1 aromatic heterocycles. The van der Waals surface area contributed by atoms with E-state index in [1.165, 1.54) is 6.92 Å². The van der Waals surface area contributed by atoms with E-state index in [0.29, 0.717) is 11.1 Å². The van der Waals surface area contributed by atoms with Crippen LogP contribution < -0.4 is 71.2 Å². The van der Waals surface area contributed by atoms with Crippen LogP contribution >= 0.6 is 0 Å². The van der Waals surface area contributed by atoms with Crippen LogP contribution in [0.15, 0.2) is 70.8 Å². The molecule has 27 nitrogen and oxygen atoms in total. The number of benzene rings is 2. The number of hydrogen-bond donors (Lipinski definition) is 16. The van der Waals surface area contributed by atoms with E-state index >= 15 is 0 Å². The number of carboxylic acids is 1. The van der Waals surface area contributed by atoms with Gasteiger partial charge in [0.2, 0.25) is 47.3 Å². The molecule has 0 saturated carbocycles. The number of carbonyl (C=O) groups excluding carboxylic acids is 8. The molecule has 0 fully saturated rings. The lowest BCUT2D eigenvalue weighted by molar-refractivity contribution is -0.142. The number of carboxylic acid groups (broad SMARTS) is 1. The fourth-order valence-electron chi connectivity index (χ4n) is 7.92. The van der Waals surface area contributed by atoms with Gasteiger partial charge in [-0.25, -0.2) is 4.79 Å². The number of nitrogens with two attached hydrogens (primary N) is 5. The van der Waals surface area contributed by atoms with Crippen molar-refractivity contribution in [1.82, 2.24) is 47.5 Å². The summed E-state index contributed by atoms with van der Waals surface area (Å²) in [5.74, 6) is -8.85. The fraction of sp³-hybridized carbons (Fsp3) is 0.510. The molecule has 3 aromatic rings. The molecule has 2 aromatic carbocycles.